The van der Waals surface area contributed by atoms with Crippen molar-refractivity contribution in [3.8, 4) is 5.75 Å². The molecule has 0 aromatic heterocycles. The second-order valence-electron chi connectivity index (χ2n) is 4.68. The fraction of sp³-hybridized carbons (Fsp3) is 0.500. The van der Waals surface area contributed by atoms with Crippen molar-refractivity contribution in [3.05, 3.63) is 24.3 Å². The van der Waals surface area contributed by atoms with Gasteiger partial charge in [-0.25, -0.2) is 0 Å². The third kappa shape index (κ3) is 4.89. The first-order valence-electron chi connectivity index (χ1n) is 6.49. The molecule has 0 saturated carbocycles. The predicted octanol–water partition coefficient (Wildman–Crippen LogP) is 2.16. The summed E-state index contributed by atoms with van der Waals surface area (Å²) in [6.45, 7) is 1.59. The van der Waals surface area contributed by atoms with E-state index in [1.54, 1.807) is 18.9 Å². The standard InChI is InChI=1S/C14H20N2O2S.ClH/c1-18-12-2-4-13(5-3-12)19-10-14(17)16-8-6-11(15)7-9-16;/h2-5,11H,6-10,15H2,1H3;1H. The quantitative estimate of drug-likeness (QED) is 0.865. The molecule has 0 spiro atoms. The first kappa shape index (κ1) is 17.1. The van der Waals surface area contributed by atoms with Crippen molar-refractivity contribution in [1.82, 2.24) is 4.90 Å². The summed E-state index contributed by atoms with van der Waals surface area (Å²) >= 11 is 1.56. The molecule has 1 saturated heterocycles. The van der Waals surface area contributed by atoms with E-state index in [1.165, 1.54) is 0 Å². The Morgan fingerprint density at radius 3 is 2.50 bits per heavy atom. The van der Waals surface area contributed by atoms with Gasteiger partial charge in [-0.1, -0.05) is 0 Å². The van der Waals surface area contributed by atoms with Crippen molar-refractivity contribution < 1.29 is 9.53 Å². The van der Waals surface area contributed by atoms with E-state index in [1.807, 2.05) is 29.2 Å². The number of carbonyl (C=O) groups is 1. The normalized spacial score (nSPS) is 15.6. The maximum absolute atomic E-state index is 12.0. The Balaban J connectivity index is 0.00000200. The molecule has 1 aliphatic heterocycles. The van der Waals surface area contributed by atoms with Crippen LogP contribution < -0.4 is 10.5 Å². The second-order valence-corrected chi connectivity index (χ2v) is 5.73. The Labute approximate surface area is 130 Å². The zero-order valence-corrected chi connectivity index (χ0v) is 13.2. The van der Waals surface area contributed by atoms with Gasteiger partial charge in [-0.2, -0.15) is 0 Å². The number of benzene rings is 1. The van der Waals surface area contributed by atoms with Crippen LogP contribution in [0.2, 0.25) is 0 Å². The van der Waals surface area contributed by atoms with Gasteiger partial charge < -0.3 is 15.4 Å². The number of thioether (sulfide) groups is 1. The lowest BCUT2D eigenvalue weighted by molar-refractivity contribution is -0.129. The fourth-order valence-electron chi connectivity index (χ4n) is 2.06. The highest BCUT2D eigenvalue weighted by Crippen LogP contribution is 2.22. The van der Waals surface area contributed by atoms with Gasteiger partial charge in [0.15, 0.2) is 0 Å². The highest BCUT2D eigenvalue weighted by molar-refractivity contribution is 8.00. The number of likely N-dealkylation sites (tertiary alicyclic amines) is 1. The van der Waals surface area contributed by atoms with E-state index in [2.05, 4.69) is 0 Å². The lowest BCUT2D eigenvalue weighted by atomic mass is 10.1. The number of amides is 1. The molecule has 4 nitrogen and oxygen atoms in total. The largest absolute Gasteiger partial charge is 0.497 e. The topological polar surface area (TPSA) is 55.6 Å². The van der Waals surface area contributed by atoms with Gasteiger partial charge in [0.2, 0.25) is 5.91 Å². The van der Waals surface area contributed by atoms with E-state index >= 15 is 0 Å². The molecule has 20 heavy (non-hydrogen) atoms. The Hall–Kier alpha value is -0.910. The first-order valence-corrected chi connectivity index (χ1v) is 7.48. The maximum Gasteiger partial charge on any atom is 0.232 e. The molecule has 1 aliphatic rings. The third-order valence-corrected chi connectivity index (χ3v) is 4.31. The molecule has 1 aromatic carbocycles. The molecule has 2 rings (SSSR count). The average molecular weight is 317 g/mol. The Morgan fingerprint density at radius 2 is 1.95 bits per heavy atom. The number of ether oxygens (including phenoxy) is 1. The van der Waals surface area contributed by atoms with Crippen molar-refractivity contribution in [2.45, 2.75) is 23.8 Å². The number of hydrogen-bond donors (Lipinski definition) is 1. The monoisotopic (exact) mass is 316 g/mol. The minimum absolute atomic E-state index is 0. The number of carbonyl (C=O) groups excluding carboxylic acids is 1. The summed E-state index contributed by atoms with van der Waals surface area (Å²) in [5.74, 6) is 1.52. The van der Waals surface area contributed by atoms with Crippen molar-refractivity contribution in [3.63, 3.8) is 0 Å². The molecule has 0 aliphatic carbocycles. The van der Waals surface area contributed by atoms with Gasteiger partial charge in [-0.15, -0.1) is 24.2 Å². The van der Waals surface area contributed by atoms with Crippen LogP contribution in [0.4, 0.5) is 0 Å². The number of nitrogens with two attached hydrogens (primary N) is 1. The van der Waals surface area contributed by atoms with Gasteiger partial charge in [-0.3, -0.25) is 4.79 Å². The molecule has 1 fully saturated rings. The summed E-state index contributed by atoms with van der Waals surface area (Å²) in [7, 11) is 1.65. The summed E-state index contributed by atoms with van der Waals surface area (Å²) < 4.78 is 5.10. The van der Waals surface area contributed by atoms with E-state index in [0.29, 0.717) is 5.75 Å². The van der Waals surface area contributed by atoms with Crippen LogP contribution in [0.3, 0.4) is 0 Å². The van der Waals surface area contributed by atoms with Crippen LogP contribution in [0.1, 0.15) is 12.8 Å². The van der Waals surface area contributed by atoms with Gasteiger partial charge in [0.1, 0.15) is 5.75 Å². The molecule has 1 heterocycles. The Kier molecular flexibility index (Phi) is 7.19. The molecule has 2 N–H and O–H groups in total. The minimum atomic E-state index is 0. The number of nitrogens with zero attached hydrogens (tertiary/aromatic N) is 1. The number of halogens is 1. The van der Waals surface area contributed by atoms with Crippen molar-refractivity contribution in [1.29, 1.82) is 0 Å². The summed E-state index contributed by atoms with van der Waals surface area (Å²) in [4.78, 5) is 15.0. The van der Waals surface area contributed by atoms with E-state index in [4.69, 9.17) is 10.5 Å². The van der Waals surface area contributed by atoms with E-state index in [9.17, 15) is 4.79 Å². The van der Waals surface area contributed by atoms with Gasteiger partial charge in [0.25, 0.3) is 0 Å². The van der Waals surface area contributed by atoms with E-state index < -0.39 is 0 Å². The number of hydrogen-bond acceptors (Lipinski definition) is 4. The number of piperidine rings is 1. The van der Waals surface area contributed by atoms with Crippen LogP contribution in [0.15, 0.2) is 29.2 Å². The van der Waals surface area contributed by atoms with Gasteiger partial charge in [0.05, 0.1) is 12.9 Å². The van der Waals surface area contributed by atoms with E-state index in [-0.39, 0.29) is 24.4 Å². The van der Waals surface area contributed by atoms with Gasteiger partial charge in [-0.05, 0) is 37.1 Å². The highest BCUT2D eigenvalue weighted by Gasteiger charge is 2.20. The van der Waals surface area contributed by atoms with Crippen molar-refractivity contribution in [2.75, 3.05) is 26.0 Å². The number of methoxy groups -OCH3 is 1. The SMILES string of the molecule is COc1ccc(SCC(=O)N2CCC(N)CC2)cc1.Cl. The van der Waals surface area contributed by atoms with Gasteiger partial charge >= 0.3 is 0 Å². The zero-order chi connectivity index (χ0) is 13.7. The molecule has 1 amide bonds. The summed E-state index contributed by atoms with van der Waals surface area (Å²) in [5, 5.41) is 0. The molecule has 6 heteroatoms. The molecule has 0 atom stereocenters. The van der Waals surface area contributed by atoms with Crippen molar-refractivity contribution in [2.24, 2.45) is 5.73 Å². The molecular weight excluding hydrogens is 296 g/mol. The average Bonchev–Trinajstić information content (AvgIpc) is 2.46. The van der Waals surface area contributed by atoms with Crippen LogP contribution in [-0.2, 0) is 4.79 Å². The van der Waals surface area contributed by atoms with Crippen molar-refractivity contribution >= 4 is 30.1 Å². The summed E-state index contributed by atoms with van der Waals surface area (Å²) in [6.07, 6.45) is 1.83. The number of rotatable bonds is 4. The molecule has 1 aromatic rings. The molecule has 112 valence electrons. The lowest BCUT2D eigenvalue weighted by Crippen LogP contribution is -2.43. The van der Waals surface area contributed by atoms with Crippen LogP contribution in [0.5, 0.6) is 5.75 Å². The predicted molar refractivity (Wildman–Crippen MR) is 84.8 cm³/mol. The zero-order valence-electron chi connectivity index (χ0n) is 11.6. The highest BCUT2D eigenvalue weighted by atomic mass is 35.5. The molecule has 0 radical (unpaired) electrons. The van der Waals surface area contributed by atoms with Crippen LogP contribution >= 0.6 is 24.2 Å². The third-order valence-electron chi connectivity index (χ3n) is 3.31. The summed E-state index contributed by atoms with van der Waals surface area (Å²) in [6, 6.07) is 8.03. The molecule has 0 bridgehead atoms. The van der Waals surface area contributed by atoms with Crippen LogP contribution in [-0.4, -0.2) is 42.8 Å². The van der Waals surface area contributed by atoms with Crippen LogP contribution in [0.25, 0.3) is 0 Å². The maximum atomic E-state index is 12.0. The van der Waals surface area contributed by atoms with Gasteiger partial charge in [0, 0.05) is 24.0 Å². The summed E-state index contributed by atoms with van der Waals surface area (Å²) in [5.41, 5.74) is 5.83. The Bertz CT molecular complexity index is 420. The minimum Gasteiger partial charge on any atom is -0.497 e. The smallest absolute Gasteiger partial charge is 0.232 e. The first-order chi connectivity index (χ1) is 9.19. The van der Waals surface area contributed by atoms with E-state index in [0.717, 1.165) is 36.6 Å². The van der Waals surface area contributed by atoms with Crippen LogP contribution in [0, 0.1) is 0 Å². The second kappa shape index (κ2) is 8.39. The Morgan fingerprint density at radius 1 is 1.35 bits per heavy atom. The fourth-order valence-corrected chi connectivity index (χ4v) is 2.86. The molecule has 0 unspecified atom stereocenters. The molecular formula is C14H21ClN2O2S. The lowest BCUT2D eigenvalue weighted by Gasteiger charge is -2.30.